The van der Waals surface area contributed by atoms with E-state index in [1.807, 2.05) is 7.05 Å². The minimum atomic E-state index is 0.400. The second-order valence-corrected chi connectivity index (χ2v) is 6.47. The quantitative estimate of drug-likeness (QED) is 0.812. The Morgan fingerprint density at radius 2 is 1.84 bits per heavy atom. The fraction of sp³-hybridized carbons (Fsp3) is 0.625. The van der Waals surface area contributed by atoms with E-state index in [-0.39, 0.29) is 0 Å². The summed E-state index contributed by atoms with van der Waals surface area (Å²) in [7, 11) is 4.26. The van der Waals surface area contributed by atoms with Crippen LogP contribution in [-0.2, 0) is 0 Å². The molecule has 1 rings (SSSR count). The van der Waals surface area contributed by atoms with Crippen molar-refractivity contribution < 1.29 is 0 Å². The monoisotopic (exact) mass is 326 g/mol. The van der Waals surface area contributed by atoms with Crippen molar-refractivity contribution >= 4 is 15.9 Å². The van der Waals surface area contributed by atoms with E-state index in [0.29, 0.717) is 18.0 Å². The van der Waals surface area contributed by atoms with Crippen LogP contribution in [0.4, 0.5) is 0 Å². The fourth-order valence-electron chi connectivity index (χ4n) is 2.26. The van der Waals surface area contributed by atoms with Crippen LogP contribution in [0.5, 0.6) is 0 Å². The molecule has 0 fully saturated rings. The smallest absolute Gasteiger partial charge is 0.0340 e. The molecule has 0 aliphatic heterocycles. The SMILES string of the molecule is CNC(CCN(C)C(C)C(C)C)c1ccccc1Br. The fourth-order valence-corrected chi connectivity index (χ4v) is 2.82. The van der Waals surface area contributed by atoms with E-state index >= 15 is 0 Å². The highest BCUT2D eigenvalue weighted by molar-refractivity contribution is 9.10. The molecule has 2 nitrogen and oxygen atoms in total. The van der Waals surface area contributed by atoms with Gasteiger partial charge in [-0.15, -0.1) is 0 Å². The summed E-state index contributed by atoms with van der Waals surface area (Å²) in [6, 6.07) is 9.49. The zero-order chi connectivity index (χ0) is 14.4. The van der Waals surface area contributed by atoms with Crippen LogP contribution in [0, 0.1) is 5.92 Å². The van der Waals surface area contributed by atoms with Gasteiger partial charge in [0.15, 0.2) is 0 Å². The Morgan fingerprint density at radius 1 is 1.21 bits per heavy atom. The molecular weight excluding hydrogens is 300 g/mol. The number of hydrogen-bond acceptors (Lipinski definition) is 2. The summed E-state index contributed by atoms with van der Waals surface area (Å²) in [6.07, 6.45) is 1.12. The van der Waals surface area contributed by atoms with E-state index in [4.69, 9.17) is 0 Å². The van der Waals surface area contributed by atoms with Gasteiger partial charge in [-0.1, -0.05) is 48.0 Å². The maximum atomic E-state index is 3.64. The van der Waals surface area contributed by atoms with Gasteiger partial charge in [0.25, 0.3) is 0 Å². The highest BCUT2D eigenvalue weighted by atomic mass is 79.9. The molecule has 0 amide bonds. The molecule has 0 aromatic heterocycles. The van der Waals surface area contributed by atoms with Gasteiger partial charge in [0.2, 0.25) is 0 Å². The minimum Gasteiger partial charge on any atom is -0.313 e. The standard InChI is InChI=1S/C16H27BrN2/c1-12(2)13(3)19(5)11-10-16(18-4)14-8-6-7-9-15(14)17/h6-9,12-13,16,18H,10-11H2,1-5H3. The summed E-state index contributed by atoms with van der Waals surface area (Å²) in [4.78, 5) is 2.45. The molecule has 0 bridgehead atoms. The molecule has 2 atom stereocenters. The summed E-state index contributed by atoms with van der Waals surface area (Å²) in [5, 5.41) is 3.43. The lowest BCUT2D eigenvalue weighted by molar-refractivity contribution is 0.199. The van der Waals surface area contributed by atoms with Crippen molar-refractivity contribution in [2.45, 2.75) is 39.3 Å². The molecule has 1 aromatic carbocycles. The Bertz CT molecular complexity index is 379. The van der Waals surface area contributed by atoms with E-state index in [1.165, 1.54) is 10.0 Å². The molecule has 108 valence electrons. The van der Waals surface area contributed by atoms with E-state index in [2.05, 4.69) is 78.2 Å². The number of rotatable bonds is 7. The van der Waals surface area contributed by atoms with Gasteiger partial charge in [-0.2, -0.15) is 0 Å². The van der Waals surface area contributed by atoms with Gasteiger partial charge in [-0.3, -0.25) is 0 Å². The first-order valence-corrected chi connectivity index (χ1v) is 7.88. The first-order chi connectivity index (χ1) is 8.97. The molecule has 1 N–H and O–H groups in total. The molecule has 0 spiro atoms. The van der Waals surface area contributed by atoms with E-state index in [0.717, 1.165) is 13.0 Å². The first kappa shape index (κ1) is 16.7. The van der Waals surface area contributed by atoms with Gasteiger partial charge in [0.05, 0.1) is 0 Å². The molecule has 1 aromatic rings. The molecule has 0 saturated heterocycles. The molecule has 0 aliphatic carbocycles. The summed E-state index contributed by atoms with van der Waals surface area (Å²) >= 11 is 3.64. The van der Waals surface area contributed by atoms with Gasteiger partial charge < -0.3 is 10.2 Å². The molecule has 19 heavy (non-hydrogen) atoms. The third kappa shape index (κ3) is 4.90. The molecule has 0 heterocycles. The third-order valence-corrected chi connectivity index (χ3v) is 4.78. The first-order valence-electron chi connectivity index (χ1n) is 7.09. The van der Waals surface area contributed by atoms with Crippen molar-refractivity contribution in [1.29, 1.82) is 0 Å². The number of nitrogens with one attached hydrogen (secondary N) is 1. The number of halogens is 1. The minimum absolute atomic E-state index is 0.400. The van der Waals surface area contributed by atoms with Crippen LogP contribution >= 0.6 is 15.9 Å². The largest absolute Gasteiger partial charge is 0.313 e. The van der Waals surface area contributed by atoms with Crippen molar-refractivity contribution in [2.24, 2.45) is 5.92 Å². The highest BCUT2D eigenvalue weighted by Crippen LogP contribution is 2.25. The second-order valence-electron chi connectivity index (χ2n) is 5.62. The van der Waals surface area contributed by atoms with Gasteiger partial charge in [0.1, 0.15) is 0 Å². The van der Waals surface area contributed by atoms with Crippen molar-refractivity contribution in [3.63, 3.8) is 0 Å². The van der Waals surface area contributed by atoms with E-state index in [1.54, 1.807) is 0 Å². The van der Waals surface area contributed by atoms with E-state index < -0.39 is 0 Å². The average molecular weight is 327 g/mol. The van der Waals surface area contributed by atoms with Crippen LogP contribution in [0.25, 0.3) is 0 Å². The zero-order valence-corrected chi connectivity index (χ0v) is 14.4. The second kappa shape index (κ2) is 8.03. The Kier molecular flexibility index (Phi) is 7.05. The predicted octanol–water partition coefficient (Wildman–Crippen LogP) is 4.08. The van der Waals surface area contributed by atoms with Gasteiger partial charge in [-0.05, 0) is 51.5 Å². The molecule has 0 saturated carbocycles. The topological polar surface area (TPSA) is 15.3 Å². The van der Waals surface area contributed by atoms with Crippen LogP contribution in [0.1, 0.15) is 38.8 Å². The lowest BCUT2D eigenvalue weighted by atomic mass is 10.0. The van der Waals surface area contributed by atoms with Gasteiger partial charge >= 0.3 is 0 Å². The molecule has 0 radical (unpaired) electrons. The van der Waals surface area contributed by atoms with Crippen molar-refractivity contribution in [1.82, 2.24) is 10.2 Å². The summed E-state index contributed by atoms with van der Waals surface area (Å²) < 4.78 is 1.19. The normalized spacial score (nSPS) is 14.9. The average Bonchev–Trinajstić information content (AvgIpc) is 2.39. The maximum Gasteiger partial charge on any atom is 0.0340 e. The van der Waals surface area contributed by atoms with Crippen molar-refractivity contribution in [3.05, 3.63) is 34.3 Å². The highest BCUT2D eigenvalue weighted by Gasteiger charge is 2.16. The Balaban J connectivity index is 2.61. The van der Waals surface area contributed by atoms with Crippen LogP contribution < -0.4 is 5.32 Å². The predicted molar refractivity (Wildman–Crippen MR) is 87.5 cm³/mol. The Labute approximate surface area is 126 Å². The van der Waals surface area contributed by atoms with E-state index in [9.17, 15) is 0 Å². The van der Waals surface area contributed by atoms with Crippen LogP contribution in [0.3, 0.4) is 0 Å². The van der Waals surface area contributed by atoms with Crippen molar-refractivity contribution in [2.75, 3.05) is 20.6 Å². The Morgan fingerprint density at radius 3 is 2.37 bits per heavy atom. The third-order valence-electron chi connectivity index (χ3n) is 4.06. The number of hydrogen-bond donors (Lipinski definition) is 1. The number of nitrogens with zero attached hydrogens (tertiary/aromatic N) is 1. The van der Waals surface area contributed by atoms with Crippen molar-refractivity contribution in [3.8, 4) is 0 Å². The van der Waals surface area contributed by atoms with Crippen LogP contribution in [-0.4, -0.2) is 31.6 Å². The summed E-state index contributed by atoms with van der Waals surface area (Å²) in [6.45, 7) is 7.97. The molecule has 2 unspecified atom stereocenters. The van der Waals surface area contributed by atoms with Crippen LogP contribution in [0.2, 0.25) is 0 Å². The molecule has 0 aliphatic rings. The lowest BCUT2D eigenvalue weighted by Gasteiger charge is -2.29. The molecular formula is C16H27BrN2. The number of benzene rings is 1. The van der Waals surface area contributed by atoms with Crippen LogP contribution in [0.15, 0.2) is 28.7 Å². The summed E-state index contributed by atoms with van der Waals surface area (Å²) in [5.41, 5.74) is 1.34. The van der Waals surface area contributed by atoms with Gasteiger partial charge in [-0.25, -0.2) is 0 Å². The molecule has 3 heteroatoms. The summed E-state index contributed by atoms with van der Waals surface area (Å²) in [5.74, 6) is 0.696. The van der Waals surface area contributed by atoms with Gasteiger partial charge in [0, 0.05) is 16.6 Å². The Hall–Kier alpha value is -0.380. The zero-order valence-electron chi connectivity index (χ0n) is 12.8. The lowest BCUT2D eigenvalue weighted by Crippen LogP contribution is -2.35. The maximum absolute atomic E-state index is 3.64.